The summed E-state index contributed by atoms with van der Waals surface area (Å²) in [7, 11) is 2.06. The first-order valence-electron chi connectivity index (χ1n) is 12.8. The Morgan fingerprint density at radius 2 is 1.67 bits per heavy atom. The van der Waals surface area contributed by atoms with E-state index in [-0.39, 0.29) is 12.1 Å². The first-order valence-corrected chi connectivity index (χ1v) is 12.8. The standard InChI is InChI=1S/C30H38N2O4/c1-23(25-12-10-24(11-13-25)14-15-29(35)16-19-31(4)20-17-29)32-21-18-30(36-27(32)33,22-28(2,3)34)26-8-6-5-7-9-26/h5-13,23,34-35H,16-22H2,1-4H3. The predicted octanol–water partition coefficient (Wildman–Crippen LogP) is 4.45. The van der Waals surface area contributed by atoms with Crippen LogP contribution in [0.15, 0.2) is 54.6 Å². The Hall–Kier alpha value is -2.85. The molecule has 0 aromatic heterocycles. The molecule has 4 rings (SSSR count). The number of benzene rings is 2. The van der Waals surface area contributed by atoms with Gasteiger partial charge < -0.3 is 24.7 Å². The molecule has 1 amide bonds. The summed E-state index contributed by atoms with van der Waals surface area (Å²) >= 11 is 0. The van der Waals surface area contributed by atoms with Crippen molar-refractivity contribution in [3.8, 4) is 11.8 Å². The Balaban J connectivity index is 1.46. The van der Waals surface area contributed by atoms with Crippen molar-refractivity contribution in [2.24, 2.45) is 0 Å². The summed E-state index contributed by atoms with van der Waals surface area (Å²) < 4.78 is 6.11. The van der Waals surface area contributed by atoms with Gasteiger partial charge >= 0.3 is 6.09 Å². The van der Waals surface area contributed by atoms with Gasteiger partial charge in [-0.25, -0.2) is 4.79 Å². The van der Waals surface area contributed by atoms with Gasteiger partial charge in [0, 0.05) is 50.9 Å². The van der Waals surface area contributed by atoms with Crippen LogP contribution in [0.2, 0.25) is 0 Å². The topological polar surface area (TPSA) is 73.2 Å². The zero-order valence-electron chi connectivity index (χ0n) is 21.8. The second-order valence-electron chi connectivity index (χ2n) is 11.0. The number of piperidine rings is 1. The lowest BCUT2D eigenvalue weighted by atomic mass is 9.80. The number of carbonyl (C=O) groups is 1. The molecule has 36 heavy (non-hydrogen) atoms. The van der Waals surface area contributed by atoms with Gasteiger partial charge in [-0.3, -0.25) is 0 Å². The highest BCUT2D eigenvalue weighted by Crippen LogP contribution is 2.42. The quantitative estimate of drug-likeness (QED) is 0.606. The summed E-state index contributed by atoms with van der Waals surface area (Å²) in [4.78, 5) is 17.2. The minimum absolute atomic E-state index is 0.173. The molecule has 0 radical (unpaired) electrons. The van der Waals surface area contributed by atoms with Crippen molar-refractivity contribution >= 4 is 6.09 Å². The summed E-state index contributed by atoms with van der Waals surface area (Å²) in [5.41, 5.74) is -0.0354. The van der Waals surface area contributed by atoms with E-state index in [1.165, 1.54) is 0 Å². The van der Waals surface area contributed by atoms with Gasteiger partial charge in [0.25, 0.3) is 0 Å². The average Bonchev–Trinajstić information content (AvgIpc) is 2.84. The van der Waals surface area contributed by atoms with Crippen molar-refractivity contribution < 1.29 is 19.7 Å². The lowest BCUT2D eigenvalue weighted by Gasteiger charge is -2.45. The molecule has 2 aliphatic heterocycles. The van der Waals surface area contributed by atoms with Crippen LogP contribution in [-0.2, 0) is 10.3 Å². The molecule has 6 nitrogen and oxygen atoms in total. The fraction of sp³-hybridized carbons (Fsp3) is 0.500. The Bertz CT molecular complexity index is 1110. The lowest BCUT2D eigenvalue weighted by molar-refractivity contribution is -0.101. The molecule has 2 fully saturated rings. The molecule has 2 aromatic rings. The van der Waals surface area contributed by atoms with E-state index in [9.17, 15) is 15.0 Å². The molecule has 2 atom stereocenters. The number of cyclic esters (lactones) is 1. The van der Waals surface area contributed by atoms with Gasteiger partial charge in [-0.15, -0.1) is 0 Å². The molecule has 2 saturated heterocycles. The van der Waals surface area contributed by atoms with Crippen LogP contribution in [0.4, 0.5) is 4.79 Å². The molecule has 0 bridgehead atoms. The maximum atomic E-state index is 13.3. The zero-order chi connectivity index (χ0) is 26.0. The molecule has 2 aromatic carbocycles. The lowest BCUT2D eigenvalue weighted by Crippen LogP contribution is -2.51. The molecule has 2 heterocycles. The van der Waals surface area contributed by atoms with E-state index in [1.807, 2.05) is 61.5 Å². The number of carbonyl (C=O) groups excluding carboxylic acids is 1. The third-order valence-corrected chi connectivity index (χ3v) is 7.41. The van der Waals surface area contributed by atoms with Crippen LogP contribution in [0, 0.1) is 11.8 Å². The molecular weight excluding hydrogens is 452 g/mol. The van der Waals surface area contributed by atoms with E-state index in [4.69, 9.17) is 4.74 Å². The van der Waals surface area contributed by atoms with Gasteiger partial charge in [0.1, 0.15) is 11.2 Å². The molecule has 2 aliphatic rings. The Kier molecular flexibility index (Phi) is 7.47. The maximum absolute atomic E-state index is 13.3. The molecule has 0 spiro atoms. The summed E-state index contributed by atoms with van der Waals surface area (Å²) in [6.45, 7) is 7.69. The van der Waals surface area contributed by atoms with Crippen LogP contribution in [-0.4, -0.2) is 64.0 Å². The highest BCUT2D eigenvalue weighted by Gasteiger charge is 2.46. The summed E-state index contributed by atoms with van der Waals surface area (Å²) in [5, 5.41) is 21.3. The number of ether oxygens (including phenoxy) is 1. The largest absolute Gasteiger partial charge is 0.438 e. The van der Waals surface area contributed by atoms with E-state index in [0.717, 1.165) is 29.8 Å². The van der Waals surface area contributed by atoms with Gasteiger partial charge in [-0.05, 0) is 51.1 Å². The number of rotatable bonds is 5. The smallest absolute Gasteiger partial charge is 0.411 e. The van der Waals surface area contributed by atoms with E-state index in [0.29, 0.717) is 32.2 Å². The van der Waals surface area contributed by atoms with Crippen molar-refractivity contribution in [2.45, 2.75) is 69.3 Å². The minimum Gasteiger partial charge on any atom is -0.438 e. The van der Waals surface area contributed by atoms with E-state index in [1.54, 1.807) is 18.7 Å². The van der Waals surface area contributed by atoms with Crippen LogP contribution in [0.5, 0.6) is 0 Å². The Morgan fingerprint density at radius 1 is 1.03 bits per heavy atom. The number of likely N-dealkylation sites (tertiary alicyclic amines) is 1. The third kappa shape index (κ3) is 6.10. The molecule has 2 N–H and O–H groups in total. The van der Waals surface area contributed by atoms with Crippen LogP contribution in [0.25, 0.3) is 0 Å². The molecular formula is C30H38N2O4. The van der Waals surface area contributed by atoms with Gasteiger partial charge in [-0.2, -0.15) is 0 Å². The molecule has 192 valence electrons. The second-order valence-corrected chi connectivity index (χ2v) is 11.0. The van der Waals surface area contributed by atoms with Gasteiger partial charge in [0.2, 0.25) is 0 Å². The number of amides is 1. The van der Waals surface area contributed by atoms with Gasteiger partial charge in [-0.1, -0.05) is 54.3 Å². The third-order valence-electron chi connectivity index (χ3n) is 7.41. The monoisotopic (exact) mass is 490 g/mol. The van der Waals surface area contributed by atoms with E-state index in [2.05, 4.69) is 23.8 Å². The normalized spacial score (nSPS) is 23.4. The number of hydrogen-bond acceptors (Lipinski definition) is 5. The van der Waals surface area contributed by atoms with Crippen LogP contribution >= 0.6 is 0 Å². The van der Waals surface area contributed by atoms with Gasteiger partial charge in [0.05, 0.1) is 11.6 Å². The molecule has 2 unspecified atom stereocenters. The Labute approximate surface area is 214 Å². The first kappa shape index (κ1) is 26.2. The SMILES string of the molecule is CC(c1ccc(C#CC2(O)CCN(C)CC2)cc1)N1CCC(CC(C)(C)O)(c2ccccc2)OC1=O. The Morgan fingerprint density at radius 3 is 2.25 bits per heavy atom. The number of nitrogens with zero attached hydrogens (tertiary/aromatic N) is 2. The second kappa shape index (κ2) is 10.3. The molecule has 0 aliphatic carbocycles. The summed E-state index contributed by atoms with van der Waals surface area (Å²) in [6, 6.07) is 17.4. The number of hydrogen-bond donors (Lipinski definition) is 2. The first-order chi connectivity index (χ1) is 17.0. The van der Waals surface area contributed by atoms with Crippen molar-refractivity contribution in [3.05, 3.63) is 71.3 Å². The average molecular weight is 491 g/mol. The minimum atomic E-state index is -0.985. The van der Waals surface area contributed by atoms with E-state index >= 15 is 0 Å². The fourth-order valence-corrected chi connectivity index (χ4v) is 5.22. The van der Waals surface area contributed by atoms with Gasteiger partial charge in [0.15, 0.2) is 0 Å². The van der Waals surface area contributed by atoms with Crippen LogP contribution < -0.4 is 0 Å². The van der Waals surface area contributed by atoms with Crippen molar-refractivity contribution in [1.82, 2.24) is 9.80 Å². The van der Waals surface area contributed by atoms with E-state index < -0.39 is 16.8 Å². The van der Waals surface area contributed by atoms with Crippen molar-refractivity contribution in [3.63, 3.8) is 0 Å². The van der Waals surface area contributed by atoms with Crippen molar-refractivity contribution in [2.75, 3.05) is 26.7 Å². The highest BCUT2D eigenvalue weighted by atomic mass is 16.6. The number of aliphatic hydroxyl groups is 2. The predicted molar refractivity (Wildman–Crippen MR) is 140 cm³/mol. The fourth-order valence-electron chi connectivity index (χ4n) is 5.22. The van der Waals surface area contributed by atoms with Crippen molar-refractivity contribution in [1.29, 1.82) is 0 Å². The maximum Gasteiger partial charge on any atom is 0.411 e. The summed E-state index contributed by atoms with van der Waals surface area (Å²) in [5.74, 6) is 6.20. The zero-order valence-corrected chi connectivity index (χ0v) is 21.8. The molecule has 6 heteroatoms. The van der Waals surface area contributed by atoms with Crippen LogP contribution in [0.1, 0.15) is 69.2 Å². The molecule has 0 saturated carbocycles. The summed E-state index contributed by atoms with van der Waals surface area (Å²) in [6.07, 6.45) is 1.85. The van der Waals surface area contributed by atoms with Crippen LogP contribution in [0.3, 0.4) is 0 Å². The highest BCUT2D eigenvalue weighted by molar-refractivity contribution is 5.70.